The number of fused-ring (bicyclic) bond motifs is 3. The summed E-state index contributed by atoms with van der Waals surface area (Å²) in [5.74, 6) is 2.00. The van der Waals surface area contributed by atoms with Crippen LogP contribution in [0.4, 0.5) is 0 Å². The first-order valence-electron chi connectivity index (χ1n) is 13.0. The van der Waals surface area contributed by atoms with Gasteiger partial charge in [-0.3, -0.25) is 9.59 Å². The van der Waals surface area contributed by atoms with Crippen LogP contribution in [0.3, 0.4) is 0 Å². The van der Waals surface area contributed by atoms with Crippen LogP contribution >= 0.6 is 0 Å². The van der Waals surface area contributed by atoms with Gasteiger partial charge in [0.15, 0.2) is 0 Å². The first-order valence-corrected chi connectivity index (χ1v) is 13.0. The van der Waals surface area contributed by atoms with Crippen molar-refractivity contribution in [3.05, 3.63) is 11.6 Å². The smallest absolute Gasteiger partial charge is 0.303 e. The van der Waals surface area contributed by atoms with E-state index >= 15 is 0 Å². The molecule has 0 aliphatic heterocycles. The summed E-state index contributed by atoms with van der Waals surface area (Å²) >= 11 is 0. The summed E-state index contributed by atoms with van der Waals surface area (Å²) in [6.45, 7) is 14.1. The van der Waals surface area contributed by atoms with Crippen molar-refractivity contribution in [1.29, 1.82) is 0 Å². The second kappa shape index (κ2) is 9.50. The summed E-state index contributed by atoms with van der Waals surface area (Å²) in [5.41, 5.74) is 1.31. The SMILES string of the molecule is CC(C)[C@@H](C)CC[C@@H](C)[C@@H]1CC[C@@H]2C3=CC[C@@H](CC(=O)O)[C@](C)(CC(=O)O)[C@H]3CC[C@]21C. The Morgan fingerprint density at radius 1 is 1.00 bits per heavy atom. The Bertz CT molecular complexity index is 740. The predicted octanol–water partition coefficient (Wildman–Crippen LogP) is 7.04. The fourth-order valence-electron chi connectivity index (χ4n) is 7.98. The van der Waals surface area contributed by atoms with Crippen molar-refractivity contribution in [1.82, 2.24) is 0 Å². The van der Waals surface area contributed by atoms with Gasteiger partial charge in [0, 0.05) is 6.42 Å². The van der Waals surface area contributed by atoms with Gasteiger partial charge in [-0.2, -0.15) is 0 Å². The number of allylic oxidation sites excluding steroid dienone is 2. The molecule has 0 unspecified atom stereocenters. The standard InChI is InChI=1S/C28H46O4/c1-17(2)18(3)7-8-19(4)22-11-12-23-21-10-9-20(15-25(29)30)28(6,16-26(31)32)24(21)13-14-27(22,23)5/h10,17-20,22-24H,7-9,11-16H2,1-6H3,(H,29,30)(H,31,32)/t18-,19+,20-,22-,23+,24-,27-,28-/m0/s1. The Kier molecular flexibility index (Phi) is 7.52. The number of hydrogen-bond acceptors (Lipinski definition) is 2. The first-order chi connectivity index (χ1) is 14.9. The second-order valence-corrected chi connectivity index (χ2v) is 12.4. The van der Waals surface area contributed by atoms with E-state index < -0.39 is 17.4 Å². The third-order valence-corrected chi connectivity index (χ3v) is 10.4. The average Bonchev–Trinajstić information content (AvgIpc) is 3.04. The van der Waals surface area contributed by atoms with Gasteiger partial charge >= 0.3 is 11.9 Å². The van der Waals surface area contributed by atoms with Crippen LogP contribution < -0.4 is 0 Å². The fraction of sp³-hybridized carbons (Fsp3) is 0.857. The Morgan fingerprint density at radius 2 is 1.69 bits per heavy atom. The van der Waals surface area contributed by atoms with Gasteiger partial charge in [-0.1, -0.05) is 66.0 Å². The monoisotopic (exact) mass is 446 g/mol. The first kappa shape index (κ1) is 25.3. The summed E-state index contributed by atoms with van der Waals surface area (Å²) in [6, 6.07) is 0. The lowest BCUT2D eigenvalue weighted by atomic mass is 9.49. The molecule has 4 nitrogen and oxygen atoms in total. The number of aliphatic carboxylic acids is 2. The number of carbonyl (C=O) groups is 2. The summed E-state index contributed by atoms with van der Waals surface area (Å²) in [6.07, 6.45) is 10.4. The van der Waals surface area contributed by atoms with Crippen LogP contribution in [0.1, 0.15) is 99.3 Å². The maximum atomic E-state index is 11.8. The molecule has 3 aliphatic rings. The van der Waals surface area contributed by atoms with Crippen molar-refractivity contribution in [2.75, 3.05) is 0 Å². The maximum absolute atomic E-state index is 11.8. The van der Waals surface area contributed by atoms with E-state index in [1.165, 1.54) is 31.3 Å². The molecule has 2 fully saturated rings. The molecule has 0 amide bonds. The highest BCUT2D eigenvalue weighted by atomic mass is 16.4. The zero-order valence-electron chi connectivity index (χ0n) is 21.2. The fourth-order valence-corrected chi connectivity index (χ4v) is 7.98. The van der Waals surface area contributed by atoms with E-state index in [1.807, 2.05) is 0 Å². The van der Waals surface area contributed by atoms with Crippen LogP contribution in [0.2, 0.25) is 0 Å². The highest BCUT2D eigenvalue weighted by Crippen LogP contribution is 2.66. The molecule has 8 atom stereocenters. The molecule has 0 aromatic rings. The molecule has 0 bridgehead atoms. The largest absolute Gasteiger partial charge is 0.481 e. The molecule has 4 heteroatoms. The zero-order chi connectivity index (χ0) is 23.8. The van der Waals surface area contributed by atoms with E-state index in [0.29, 0.717) is 17.8 Å². The number of rotatable bonds is 9. The minimum Gasteiger partial charge on any atom is -0.481 e. The van der Waals surface area contributed by atoms with Crippen molar-refractivity contribution in [3.8, 4) is 0 Å². The zero-order valence-corrected chi connectivity index (χ0v) is 21.2. The lowest BCUT2D eigenvalue weighted by Gasteiger charge is -2.55. The molecule has 0 heterocycles. The molecule has 32 heavy (non-hydrogen) atoms. The maximum Gasteiger partial charge on any atom is 0.303 e. The van der Waals surface area contributed by atoms with Crippen LogP contribution in [-0.2, 0) is 9.59 Å². The Balaban J connectivity index is 1.82. The third kappa shape index (κ3) is 4.66. The minimum absolute atomic E-state index is 0.0691. The van der Waals surface area contributed by atoms with Gasteiger partial charge in [0.25, 0.3) is 0 Å². The van der Waals surface area contributed by atoms with Gasteiger partial charge in [-0.25, -0.2) is 0 Å². The van der Waals surface area contributed by atoms with Gasteiger partial charge < -0.3 is 10.2 Å². The topological polar surface area (TPSA) is 74.6 Å². The van der Waals surface area contributed by atoms with Crippen LogP contribution in [0.25, 0.3) is 0 Å². The van der Waals surface area contributed by atoms with Gasteiger partial charge in [-0.05, 0) is 84.4 Å². The van der Waals surface area contributed by atoms with E-state index in [4.69, 9.17) is 0 Å². The van der Waals surface area contributed by atoms with Gasteiger partial charge in [0.2, 0.25) is 0 Å². The minimum atomic E-state index is -0.811. The molecule has 0 spiro atoms. The van der Waals surface area contributed by atoms with Crippen LogP contribution in [0.5, 0.6) is 0 Å². The van der Waals surface area contributed by atoms with Crippen LogP contribution in [-0.4, -0.2) is 22.2 Å². The van der Waals surface area contributed by atoms with Crippen molar-refractivity contribution in [2.24, 2.45) is 52.3 Å². The average molecular weight is 447 g/mol. The highest BCUT2D eigenvalue weighted by molar-refractivity contribution is 5.70. The quantitative estimate of drug-likeness (QED) is 0.372. The van der Waals surface area contributed by atoms with Gasteiger partial charge in [0.1, 0.15) is 0 Å². The predicted molar refractivity (Wildman–Crippen MR) is 128 cm³/mol. The van der Waals surface area contributed by atoms with Gasteiger partial charge in [-0.15, -0.1) is 0 Å². The highest BCUT2D eigenvalue weighted by Gasteiger charge is 2.58. The molecule has 0 aromatic heterocycles. The summed E-state index contributed by atoms with van der Waals surface area (Å²) in [4.78, 5) is 23.4. The molecular weight excluding hydrogens is 400 g/mol. The molecule has 0 saturated heterocycles. The molecular formula is C28H46O4. The van der Waals surface area contributed by atoms with Crippen LogP contribution in [0, 0.1) is 52.3 Å². The molecule has 0 aromatic carbocycles. The van der Waals surface area contributed by atoms with E-state index in [0.717, 1.165) is 36.5 Å². The Hall–Kier alpha value is -1.32. The lowest BCUT2D eigenvalue weighted by molar-refractivity contribution is -0.146. The van der Waals surface area contributed by atoms with Gasteiger partial charge in [0.05, 0.1) is 6.42 Å². The van der Waals surface area contributed by atoms with Crippen molar-refractivity contribution >= 4 is 11.9 Å². The summed E-state index contributed by atoms with van der Waals surface area (Å²) in [7, 11) is 0. The summed E-state index contributed by atoms with van der Waals surface area (Å²) < 4.78 is 0. The molecule has 2 saturated carbocycles. The number of carboxylic acid groups (broad SMARTS) is 2. The Labute approximate surface area is 195 Å². The lowest BCUT2D eigenvalue weighted by Crippen LogP contribution is -2.48. The van der Waals surface area contributed by atoms with E-state index in [2.05, 4.69) is 47.6 Å². The molecule has 2 N–H and O–H groups in total. The van der Waals surface area contributed by atoms with Crippen LogP contribution in [0.15, 0.2) is 11.6 Å². The summed E-state index contributed by atoms with van der Waals surface area (Å²) in [5, 5.41) is 19.2. The third-order valence-electron chi connectivity index (χ3n) is 10.4. The van der Waals surface area contributed by atoms with Crippen molar-refractivity contribution in [2.45, 2.75) is 99.3 Å². The Morgan fingerprint density at radius 3 is 2.28 bits per heavy atom. The number of carboxylic acids is 2. The molecule has 3 aliphatic carbocycles. The van der Waals surface area contributed by atoms with E-state index in [9.17, 15) is 19.8 Å². The molecule has 3 rings (SSSR count). The molecule has 182 valence electrons. The second-order valence-electron chi connectivity index (χ2n) is 12.4. The van der Waals surface area contributed by atoms with E-state index in [-0.39, 0.29) is 24.7 Å². The van der Waals surface area contributed by atoms with Crippen molar-refractivity contribution in [3.63, 3.8) is 0 Å². The normalized spacial score (nSPS) is 38.5. The van der Waals surface area contributed by atoms with E-state index in [1.54, 1.807) is 0 Å². The molecule has 0 radical (unpaired) electrons. The number of hydrogen-bond donors (Lipinski definition) is 2. The van der Waals surface area contributed by atoms with Crippen molar-refractivity contribution < 1.29 is 19.8 Å².